The molecule has 3 rings (SSSR count). The van der Waals surface area contributed by atoms with Crippen molar-refractivity contribution in [1.82, 2.24) is 0 Å². The third-order valence-electron chi connectivity index (χ3n) is 5.45. The summed E-state index contributed by atoms with van der Waals surface area (Å²) in [5.74, 6) is 1.11. The number of hydrogen-bond acceptors (Lipinski definition) is 5. The molecule has 1 aromatic carbocycles. The van der Waals surface area contributed by atoms with Crippen molar-refractivity contribution in [2.45, 2.75) is 90.4 Å². The maximum Gasteiger partial charge on any atom is 0.308 e. The molecule has 26 heavy (non-hydrogen) atoms. The van der Waals surface area contributed by atoms with Gasteiger partial charge in [-0.3, -0.25) is 4.79 Å². The van der Waals surface area contributed by atoms with Crippen LogP contribution in [0.2, 0.25) is 0 Å². The average molecular weight is 362 g/mol. The second kappa shape index (κ2) is 6.76. The van der Waals surface area contributed by atoms with Gasteiger partial charge in [0.05, 0.1) is 12.5 Å². The second-order valence-electron chi connectivity index (χ2n) is 8.61. The molecule has 0 amide bonds. The number of hydrogen-bond donors (Lipinski definition) is 2. The predicted molar refractivity (Wildman–Crippen MR) is 98.8 cm³/mol. The first-order chi connectivity index (χ1) is 12.1. The normalized spacial score (nSPS) is 24.3. The van der Waals surface area contributed by atoms with E-state index in [0.29, 0.717) is 25.0 Å². The van der Waals surface area contributed by atoms with E-state index in [0.717, 1.165) is 34.4 Å². The van der Waals surface area contributed by atoms with E-state index in [4.69, 9.17) is 9.47 Å². The molecule has 2 N–H and O–H groups in total. The van der Waals surface area contributed by atoms with E-state index in [2.05, 4.69) is 27.7 Å². The van der Waals surface area contributed by atoms with Crippen LogP contribution in [0, 0.1) is 6.92 Å². The second-order valence-corrected chi connectivity index (χ2v) is 8.61. The Morgan fingerprint density at radius 3 is 2.62 bits per heavy atom. The number of aromatic hydroxyl groups is 1. The first kappa shape index (κ1) is 19.0. The minimum absolute atomic E-state index is 0.0755. The fourth-order valence-corrected chi connectivity index (χ4v) is 4.27. The molecule has 1 aromatic rings. The van der Waals surface area contributed by atoms with Crippen LogP contribution in [-0.4, -0.2) is 34.0 Å². The molecule has 0 radical (unpaired) electrons. The lowest BCUT2D eigenvalue weighted by atomic mass is 9.85. The van der Waals surface area contributed by atoms with Crippen molar-refractivity contribution in [2.75, 3.05) is 0 Å². The van der Waals surface area contributed by atoms with Gasteiger partial charge in [-0.2, -0.15) is 0 Å². The number of ether oxygens (including phenoxy) is 2. The summed E-state index contributed by atoms with van der Waals surface area (Å²) in [5, 5.41) is 20.6. The number of phenolic OH excluding ortho intramolecular Hbond substituents is 1. The van der Waals surface area contributed by atoms with Crippen molar-refractivity contribution in [1.29, 1.82) is 0 Å². The van der Waals surface area contributed by atoms with E-state index in [9.17, 15) is 15.0 Å². The Balaban J connectivity index is 1.92. The summed E-state index contributed by atoms with van der Waals surface area (Å²) in [6.45, 7) is 10.2. The van der Waals surface area contributed by atoms with E-state index in [1.54, 1.807) is 0 Å². The first-order valence-corrected chi connectivity index (χ1v) is 9.52. The van der Waals surface area contributed by atoms with Gasteiger partial charge in [0.2, 0.25) is 0 Å². The summed E-state index contributed by atoms with van der Waals surface area (Å²) in [6, 6.07) is 0. The van der Waals surface area contributed by atoms with Crippen molar-refractivity contribution in [3.8, 4) is 11.5 Å². The Morgan fingerprint density at radius 1 is 1.31 bits per heavy atom. The molecule has 2 atom stereocenters. The van der Waals surface area contributed by atoms with Gasteiger partial charge in [-0.05, 0) is 45.1 Å². The predicted octanol–water partition coefficient (Wildman–Crippen LogP) is 3.54. The maximum absolute atomic E-state index is 11.6. The van der Waals surface area contributed by atoms with Crippen LogP contribution in [0.3, 0.4) is 0 Å². The Morgan fingerprint density at radius 2 is 2.00 bits per heavy atom. The summed E-state index contributed by atoms with van der Waals surface area (Å²) in [4.78, 5) is 11.6. The molecule has 1 fully saturated rings. The number of rotatable bonds is 4. The number of esters is 1. The number of fused-ring (bicyclic) bond motifs is 1. The van der Waals surface area contributed by atoms with Crippen LogP contribution in [0.25, 0.3) is 0 Å². The zero-order valence-corrected chi connectivity index (χ0v) is 16.4. The van der Waals surface area contributed by atoms with Gasteiger partial charge in [0.1, 0.15) is 23.2 Å². The molecule has 5 nitrogen and oxygen atoms in total. The van der Waals surface area contributed by atoms with Crippen LogP contribution in [0.1, 0.15) is 75.1 Å². The van der Waals surface area contributed by atoms with Crippen molar-refractivity contribution < 1.29 is 24.5 Å². The lowest BCUT2D eigenvalue weighted by molar-refractivity contribution is -0.160. The van der Waals surface area contributed by atoms with Gasteiger partial charge >= 0.3 is 5.97 Å². The van der Waals surface area contributed by atoms with Crippen LogP contribution in [0.5, 0.6) is 11.5 Å². The van der Waals surface area contributed by atoms with E-state index < -0.39 is 6.10 Å². The van der Waals surface area contributed by atoms with Gasteiger partial charge in [0.15, 0.2) is 0 Å². The van der Waals surface area contributed by atoms with Crippen molar-refractivity contribution >= 4 is 5.97 Å². The molecule has 2 aliphatic rings. The number of carbonyl (C=O) groups excluding carboxylic acids is 1. The van der Waals surface area contributed by atoms with Gasteiger partial charge < -0.3 is 19.7 Å². The summed E-state index contributed by atoms with van der Waals surface area (Å²) in [6.07, 6.45) is 1.65. The van der Waals surface area contributed by atoms with E-state index in [-0.39, 0.29) is 30.0 Å². The summed E-state index contributed by atoms with van der Waals surface area (Å²) in [5.41, 5.74) is 3.61. The zero-order chi connectivity index (χ0) is 19.2. The fourth-order valence-electron chi connectivity index (χ4n) is 4.27. The molecule has 0 unspecified atom stereocenters. The zero-order valence-electron chi connectivity index (χ0n) is 16.4. The van der Waals surface area contributed by atoms with Crippen molar-refractivity contribution in [2.24, 2.45) is 0 Å². The molecule has 2 aliphatic heterocycles. The number of aliphatic hydroxyl groups excluding tert-OH is 1. The SMILES string of the molecule is Cc1c(O)c(C(C)C)c2c(c1CC[C@H]1C[C@H](O)CC(=O)O1)OC(C)(C)C2. The number of carbonyl (C=O) groups is 1. The van der Waals surface area contributed by atoms with Crippen LogP contribution in [0.15, 0.2) is 0 Å². The van der Waals surface area contributed by atoms with Gasteiger partial charge in [-0.1, -0.05) is 13.8 Å². The molecule has 2 heterocycles. The molecule has 144 valence electrons. The Hall–Kier alpha value is -1.75. The monoisotopic (exact) mass is 362 g/mol. The number of cyclic esters (lactones) is 1. The molecule has 0 aromatic heterocycles. The van der Waals surface area contributed by atoms with Gasteiger partial charge in [0.25, 0.3) is 0 Å². The fraction of sp³-hybridized carbons (Fsp3) is 0.667. The Labute approximate surface area is 155 Å². The smallest absolute Gasteiger partial charge is 0.308 e. The average Bonchev–Trinajstić information content (AvgIpc) is 2.81. The molecular weight excluding hydrogens is 332 g/mol. The number of benzene rings is 1. The largest absolute Gasteiger partial charge is 0.507 e. The van der Waals surface area contributed by atoms with Crippen LogP contribution >= 0.6 is 0 Å². The summed E-state index contributed by atoms with van der Waals surface area (Å²) in [7, 11) is 0. The minimum atomic E-state index is -0.625. The van der Waals surface area contributed by atoms with Crippen LogP contribution < -0.4 is 4.74 Å². The number of phenols is 1. The summed E-state index contributed by atoms with van der Waals surface area (Å²) < 4.78 is 11.6. The molecular formula is C21H30O5. The molecule has 0 saturated carbocycles. The van der Waals surface area contributed by atoms with E-state index in [1.165, 1.54) is 0 Å². The maximum atomic E-state index is 11.6. The highest BCUT2D eigenvalue weighted by molar-refractivity contribution is 5.71. The van der Waals surface area contributed by atoms with Crippen molar-refractivity contribution in [3.05, 3.63) is 22.3 Å². The number of aliphatic hydroxyl groups is 1. The van der Waals surface area contributed by atoms with Gasteiger partial charge in [-0.15, -0.1) is 0 Å². The summed E-state index contributed by atoms with van der Waals surface area (Å²) >= 11 is 0. The molecule has 5 heteroatoms. The standard InChI is InChI=1S/C21H30O5/c1-11(2)18-16-10-21(4,5)26-20(16)15(12(3)19(18)24)7-6-14-8-13(22)9-17(23)25-14/h11,13-14,22,24H,6-10H2,1-5H3/t13-,14-/m0/s1. The molecule has 0 aliphatic carbocycles. The van der Waals surface area contributed by atoms with E-state index in [1.807, 2.05) is 6.92 Å². The van der Waals surface area contributed by atoms with Gasteiger partial charge in [-0.25, -0.2) is 0 Å². The van der Waals surface area contributed by atoms with Crippen molar-refractivity contribution in [3.63, 3.8) is 0 Å². The highest BCUT2D eigenvalue weighted by atomic mass is 16.5. The minimum Gasteiger partial charge on any atom is -0.507 e. The highest BCUT2D eigenvalue weighted by Crippen LogP contribution is 2.48. The third-order valence-corrected chi connectivity index (χ3v) is 5.45. The van der Waals surface area contributed by atoms with E-state index >= 15 is 0 Å². The Bertz CT molecular complexity index is 720. The van der Waals surface area contributed by atoms with Crippen LogP contribution in [-0.2, 0) is 22.4 Å². The lowest BCUT2D eigenvalue weighted by Crippen LogP contribution is -2.32. The topological polar surface area (TPSA) is 76.0 Å². The Kier molecular flexibility index (Phi) is 4.95. The van der Waals surface area contributed by atoms with Gasteiger partial charge in [0, 0.05) is 29.5 Å². The molecule has 0 bridgehead atoms. The first-order valence-electron chi connectivity index (χ1n) is 9.52. The quantitative estimate of drug-likeness (QED) is 0.801. The molecule has 0 spiro atoms. The van der Waals surface area contributed by atoms with Crippen LogP contribution in [0.4, 0.5) is 0 Å². The lowest BCUT2D eigenvalue weighted by Gasteiger charge is -2.27. The molecule has 1 saturated heterocycles. The highest BCUT2D eigenvalue weighted by Gasteiger charge is 2.37. The third kappa shape index (κ3) is 3.54.